The third-order valence-corrected chi connectivity index (χ3v) is 9.12. The van der Waals surface area contributed by atoms with Crippen molar-refractivity contribution in [1.29, 1.82) is 0 Å². The summed E-state index contributed by atoms with van der Waals surface area (Å²) in [7, 11) is 4.32. The zero-order chi connectivity index (χ0) is 37.3. The van der Waals surface area contributed by atoms with Gasteiger partial charge >= 0.3 is 6.09 Å². The number of amides is 2. The molecule has 0 unspecified atom stereocenters. The number of primary amides is 1. The minimum Gasteiger partial charge on any atom is -0.496 e. The third kappa shape index (κ3) is 9.55. The Labute approximate surface area is 292 Å². The summed E-state index contributed by atoms with van der Waals surface area (Å²) in [6, 6.07) is 6.48. The zero-order valence-corrected chi connectivity index (χ0v) is 29.8. The molecule has 0 radical (unpaired) electrons. The van der Waals surface area contributed by atoms with E-state index in [1.807, 2.05) is 6.92 Å². The summed E-state index contributed by atoms with van der Waals surface area (Å²) in [5, 5.41) is 11.3. The lowest BCUT2D eigenvalue weighted by Crippen LogP contribution is -2.41. The number of aliphatic hydroxyl groups excluding tert-OH is 1. The molecule has 2 aliphatic rings. The maximum Gasteiger partial charge on any atom is 0.405 e. The molecule has 1 aromatic rings. The minimum absolute atomic E-state index is 0.00426. The first kappa shape index (κ1) is 39.8. The number of carbonyl (C=O) groups excluding carboxylic acids is 5. The van der Waals surface area contributed by atoms with E-state index in [0.717, 1.165) is 11.0 Å². The third-order valence-electron chi connectivity index (χ3n) is 9.12. The van der Waals surface area contributed by atoms with Crippen LogP contribution in [0.2, 0.25) is 0 Å². The number of ketones is 3. The highest BCUT2D eigenvalue weighted by molar-refractivity contribution is 6.24. The van der Waals surface area contributed by atoms with Gasteiger partial charge < -0.3 is 35.5 Å². The first-order chi connectivity index (χ1) is 23.6. The summed E-state index contributed by atoms with van der Waals surface area (Å²) in [5.41, 5.74) is 12.0. The van der Waals surface area contributed by atoms with Gasteiger partial charge in [0.15, 0.2) is 11.9 Å². The molecule has 2 amide bonds. The summed E-state index contributed by atoms with van der Waals surface area (Å²) < 4.78 is 22.2. The number of fused-ring (bicyclic) bond motifs is 2. The number of para-hydroxylation sites is 1. The average Bonchev–Trinajstić information content (AvgIpc) is 3.09. The quantitative estimate of drug-likeness (QED) is 0.214. The van der Waals surface area contributed by atoms with Crippen molar-refractivity contribution in [2.75, 3.05) is 27.9 Å². The number of aliphatic hydroxyl groups is 1. The van der Waals surface area contributed by atoms with Crippen LogP contribution in [-0.2, 0) is 28.6 Å². The molecule has 1 aliphatic carbocycles. The number of allylic oxidation sites excluding steroid dienone is 3. The predicted molar refractivity (Wildman–Crippen MR) is 185 cm³/mol. The molecule has 13 nitrogen and oxygen atoms in total. The van der Waals surface area contributed by atoms with E-state index in [-0.39, 0.29) is 65.5 Å². The molecule has 2 bridgehead atoms. The second kappa shape index (κ2) is 17.9. The van der Waals surface area contributed by atoms with Gasteiger partial charge in [-0.05, 0) is 63.2 Å². The van der Waals surface area contributed by atoms with E-state index < -0.39 is 66.2 Å². The van der Waals surface area contributed by atoms with Crippen molar-refractivity contribution in [3.05, 3.63) is 76.2 Å². The van der Waals surface area contributed by atoms with Crippen molar-refractivity contribution in [2.24, 2.45) is 23.3 Å². The first-order valence-electron chi connectivity index (χ1n) is 16.5. The average molecular weight is 696 g/mol. The number of benzene rings is 1. The van der Waals surface area contributed by atoms with Crippen LogP contribution in [0.5, 0.6) is 5.75 Å². The Morgan fingerprint density at radius 3 is 2.30 bits per heavy atom. The van der Waals surface area contributed by atoms with E-state index in [1.165, 1.54) is 28.3 Å². The fourth-order valence-electron chi connectivity index (χ4n) is 6.36. The van der Waals surface area contributed by atoms with Crippen LogP contribution in [0.4, 0.5) is 4.79 Å². The molecule has 0 spiro atoms. The highest BCUT2D eigenvalue weighted by Gasteiger charge is 2.36. The molecule has 0 saturated carbocycles. The van der Waals surface area contributed by atoms with Crippen molar-refractivity contribution >= 4 is 29.4 Å². The number of Topliss-reactive ketones (excluding diaryl/α,β-unsaturated/α-hetero) is 2. The lowest BCUT2D eigenvalue weighted by Gasteiger charge is -2.30. The van der Waals surface area contributed by atoms with Crippen LogP contribution in [0, 0.1) is 11.8 Å². The molecule has 1 aliphatic heterocycles. The second-order valence-corrected chi connectivity index (χ2v) is 12.8. The fourth-order valence-corrected chi connectivity index (χ4v) is 6.36. The lowest BCUT2D eigenvalue weighted by molar-refractivity contribution is -0.128. The molecule has 1 aromatic carbocycles. The van der Waals surface area contributed by atoms with Gasteiger partial charge in [-0.25, -0.2) is 4.79 Å². The maximum absolute atomic E-state index is 14.1. The van der Waals surface area contributed by atoms with Crippen molar-refractivity contribution < 1.29 is 48.0 Å². The monoisotopic (exact) mass is 695 g/mol. The van der Waals surface area contributed by atoms with Gasteiger partial charge in [0.05, 0.1) is 48.9 Å². The highest BCUT2D eigenvalue weighted by atomic mass is 16.6. The van der Waals surface area contributed by atoms with Gasteiger partial charge in [-0.1, -0.05) is 38.1 Å². The molecule has 3 rings (SSSR count). The number of methoxy groups -OCH3 is 3. The Bertz CT molecular complexity index is 1590. The summed E-state index contributed by atoms with van der Waals surface area (Å²) in [5.74, 6) is -3.07. The number of hydrogen-bond acceptors (Lipinski definition) is 11. The minimum atomic E-state index is -1.01. The van der Waals surface area contributed by atoms with Crippen LogP contribution in [0.3, 0.4) is 0 Å². The van der Waals surface area contributed by atoms with Crippen molar-refractivity contribution in [3.63, 3.8) is 0 Å². The van der Waals surface area contributed by atoms with Gasteiger partial charge in [0.25, 0.3) is 5.91 Å². The van der Waals surface area contributed by atoms with Gasteiger partial charge in [-0.2, -0.15) is 0 Å². The maximum atomic E-state index is 14.1. The number of rotatable bonds is 7. The molecular weight excluding hydrogens is 646 g/mol. The van der Waals surface area contributed by atoms with E-state index in [4.69, 9.17) is 30.4 Å². The molecule has 50 heavy (non-hydrogen) atoms. The molecule has 13 heteroatoms. The van der Waals surface area contributed by atoms with Gasteiger partial charge in [0, 0.05) is 37.4 Å². The molecule has 0 fully saturated rings. The van der Waals surface area contributed by atoms with E-state index >= 15 is 0 Å². The first-order valence-corrected chi connectivity index (χ1v) is 16.5. The molecule has 1 heterocycles. The van der Waals surface area contributed by atoms with E-state index in [9.17, 15) is 29.1 Å². The Kier molecular flexibility index (Phi) is 14.3. The fraction of sp³-hybridized carbons (Fsp3) is 0.486. The Morgan fingerprint density at radius 1 is 1.02 bits per heavy atom. The molecule has 6 atom stereocenters. The van der Waals surface area contributed by atoms with Gasteiger partial charge in [0.2, 0.25) is 11.6 Å². The SMILES string of the molecule is COc1ccccc1C(=O)CN1C(=O)/C(C)=C/CC[C@H](OC)[C@@H](OC(N)=O)/C(C)=C/[C@H](C)[C@@H](O)[C@@H](OC)C[C@H](C)CC2=C(N)C(=O)C=C1C2=O. The molecule has 0 saturated heterocycles. The molecular formula is C37H49N3O10. The molecule has 0 aromatic heterocycles. The second-order valence-electron chi connectivity index (χ2n) is 12.8. The predicted octanol–water partition coefficient (Wildman–Crippen LogP) is 3.55. The number of carbonyl (C=O) groups is 5. The van der Waals surface area contributed by atoms with Crippen LogP contribution in [0.25, 0.3) is 0 Å². The molecule has 272 valence electrons. The van der Waals surface area contributed by atoms with E-state index in [2.05, 4.69) is 0 Å². The summed E-state index contributed by atoms with van der Waals surface area (Å²) >= 11 is 0. The standard InChI is InChI=1S/C37H49N3O10/c1-20-15-25-32(38)27(41)18-26(34(25)44)40(19-28(42)24-12-8-9-13-29(24)47-5)36(45)21(2)11-10-14-30(48-6)35(50-37(39)46)23(4)17-22(3)33(43)31(16-20)49-7/h8-9,11-13,17-18,20,22,30-31,33,35,43H,10,14-16,19,38H2,1-7H3,(H2,39,46)/b21-11+,23-17+/t20-,22+,30+,31+,33-,35+/m1/s1. The Morgan fingerprint density at radius 2 is 1.68 bits per heavy atom. The van der Waals surface area contributed by atoms with Gasteiger partial charge in [-0.15, -0.1) is 0 Å². The van der Waals surface area contributed by atoms with Crippen molar-refractivity contribution in [3.8, 4) is 5.75 Å². The summed E-state index contributed by atoms with van der Waals surface area (Å²) in [6.07, 6.45) is 0.858. The van der Waals surface area contributed by atoms with Gasteiger partial charge in [-0.3, -0.25) is 24.1 Å². The van der Waals surface area contributed by atoms with Gasteiger partial charge in [0.1, 0.15) is 5.75 Å². The van der Waals surface area contributed by atoms with Crippen LogP contribution in [0.1, 0.15) is 63.7 Å². The summed E-state index contributed by atoms with van der Waals surface area (Å²) in [6.45, 7) is 6.31. The van der Waals surface area contributed by atoms with E-state index in [0.29, 0.717) is 5.57 Å². The zero-order valence-electron chi connectivity index (χ0n) is 29.8. The Hall–Kier alpha value is -4.59. The summed E-state index contributed by atoms with van der Waals surface area (Å²) in [4.78, 5) is 68.1. The number of nitrogens with two attached hydrogens (primary N) is 2. The van der Waals surface area contributed by atoms with Crippen LogP contribution >= 0.6 is 0 Å². The number of nitrogens with zero attached hydrogens (tertiary/aromatic N) is 1. The van der Waals surface area contributed by atoms with Crippen molar-refractivity contribution in [1.82, 2.24) is 4.90 Å². The lowest BCUT2D eigenvalue weighted by atomic mass is 9.85. The highest BCUT2D eigenvalue weighted by Crippen LogP contribution is 2.31. The Balaban J connectivity index is 2.15. The smallest absolute Gasteiger partial charge is 0.405 e. The van der Waals surface area contributed by atoms with Crippen LogP contribution < -0.4 is 16.2 Å². The number of hydrogen-bond donors (Lipinski definition) is 3. The van der Waals surface area contributed by atoms with Crippen molar-refractivity contribution in [2.45, 2.75) is 77.8 Å². The number of ether oxygens (including phenoxy) is 4. The van der Waals surface area contributed by atoms with E-state index in [1.54, 1.807) is 50.3 Å². The van der Waals surface area contributed by atoms with Crippen LogP contribution in [0.15, 0.2) is 70.6 Å². The van der Waals surface area contributed by atoms with Crippen LogP contribution in [-0.4, -0.2) is 91.6 Å². The topological polar surface area (TPSA) is 198 Å². The normalized spacial score (nSPS) is 28.3. The molecule has 5 N–H and O–H groups in total. The largest absolute Gasteiger partial charge is 0.496 e.